The van der Waals surface area contributed by atoms with Gasteiger partial charge >= 0.3 is 0 Å². The highest BCUT2D eigenvalue weighted by molar-refractivity contribution is 5.81. The van der Waals surface area contributed by atoms with Crippen LogP contribution in [0.5, 0.6) is 0 Å². The van der Waals surface area contributed by atoms with E-state index in [4.69, 9.17) is 0 Å². The quantitative estimate of drug-likeness (QED) is 0.540. The Morgan fingerprint density at radius 3 is 2.70 bits per heavy atom. The number of anilines is 1. The fourth-order valence-corrected chi connectivity index (χ4v) is 2.58. The van der Waals surface area contributed by atoms with Crippen molar-refractivity contribution in [1.29, 1.82) is 0 Å². The molecule has 0 atom stereocenters. The molecule has 0 bridgehead atoms. The maximum Gasteiger partial charge on any atom is 0.181 e. The highest BCUT2D eigenvalue weighted by Crippen LogP contribution is 2.20. The third-order valence-electron chi connectivity index (χ3n) is 3.79. The predicted molar refractivity (Wildman–Crippen MR) is 90.0 cm³/mol. The van der Waals surface area contributed by atoms with Crippen molar-refractivity contribution in [3.8, 4) is 11.4 Å². The molecule has 4 rings (SSSR count). The van der Waals surface area contributed by atoms with Gasteiger partial charge in [-0.2, -0.15) is 10.2 Å². The number of H-pyrrole nitrogens is 2. The second-order valence-corrected chi connectivity index (χ2v) is 5.43. The smallest absolute Gasteiger partial charge is 0.181 e. The van der Waals surface area contributed by atoms with Gasteiger partial charge in [-0.25, -0.2) is 4.98 Å². The van der Waals surface area contributed by atoms with Gasteiger partial charge in [-0.15, -0.1) is 0 Å². The van der Waals surface area contributed by atoms with Crippen LogP contribution >= 0.6 is 0 Å². The van der Waals surface area contributed by atoms with Gasteiger partial charge in [0, 0.05) is 23.2 Å². The van der Waals surface area contributed by atoms with Crippen molar-refractivity contribution in [3.63, 3.8) is 0 Å². The van der Waals surface area contributed by atoms with Gasteiger partial charge in [0.2, 0.25) is 0 Å². The van der Waals surface area contributed by atoms with E-state index >= 15 is 0 Å². The standard InChI is InChI=1S/C17H16N6/c1-11-20-17(23-21-11)12-5-7-15(8-6-12)18-9-13-3-2-4-14-10-19-22-16(13)14/h2-8,10,18H,9H2,1H3,(H,19,22)(H,20,21,23). The van der Waals surface area contributed by atoms with Gasteiger partial charge in [0.05, 0.1) is 11.7 Å². The van der Waals surface area contributed by atoms with Crippen LogP contribution in [0.3, 0.4) is 0 Å². The average Bonchev–Trinajstić information content (AvgIpc) is 3.22. The monoisotopic (exact) mass is 304 g/mol. The molecule has 0 radical (unpaired) electrons. The topological polar surface area (TPSA) is 82.3 Å². The highest BCUT2D eigenvalue weighted by atomic mass is 15.2. The molecule has 0 amide bonds. The molecule has 0 saturated heterocycles. The second kappa shape index (κ2) is 5.57. The maximum atomic E-state index is 4.33. The van der Waals surface area contributed by atoms with Crippen molar-refractivity contribution >= 4 is 16.6 Å². The molecule has 3 N–H and O–H groups in total. The van der Waals surface area contributed by atoms with Crippen molar-refractivity contribution in [1.82, 2.24) is 25.4 Å². The number of rotatable bonds is 4. The summed E-state index contributed by atoms with van der Waals surface area (Å²) in [5.74, 6) is 1.53. The molecule has 0 spiro atoms. The molecule has 23 heavy (non-hydrogen) atoms. The van der Waals surface area contributed by atoms with Gasteiger partial charge in [0.15, 0.2) is 5.82 Å². The molecule has 0 aliphatic carbocycles. The first-order valence-electron chi connectivity index (χ1n) is 7.44. The zero-order valence-electron chi connectivity index (χ0n) is 12.7. The number of para-hydroxylation sites is 1. The van der Waals surface area contributed by atoms with Gasteiger partial charge < -0.3 is 5.32 Å². The molecule has 2 aromatic heterocycles. The Labute approximate surface area is 133 Å². The zero-order valence-corrected chi connectivity index (χ0v) is 12.7. The first-order chi connectivity index (χ1) is 11.3. The summed E-state index contributed by atoms with van der Waals surface area (Å²) in [7, 11) is 0. The van der Waals surface area contributed by atoms with E-state index in [1.807, 2.05) is 43.5 Å². The van der Waals surface area contributed by atoms with Crippen LogP contribution in [0.1, 0.15) is 11.4 Å². The summed E-state index contributed by atoms with van der Waals surface area (Å²) in [5.41, 5.74) is 4.31. The molecule has 0 saturated carbocycles. The predicted octanol–water partition coefficient (Wildman–Crippen LogP) is 3.27. The number of hydrogen-bond acceptors (Lipinski definition) is 4. The summed E-state index contributed by atoms with van der Waals surface area (Å²) in [5, 5.41) is 18.7. The van der Waals surface area contributed by atoms with E-state index in [9.17, 15) is 0 Å². The number of aryl methyl sites for hydroxylation is 1. The summed E-state index contributed by atoms with van der Waals surface area (Å²) in [6.07, 6.45) is 1.84. The Hall–Kier alpha value is -3.15. The summed E-state index contributed by atoms with van der Waals surface area (Å²) in [6, 6.07) is 14.3. The van der Waals surface area contributed by atoms with Gasteiger partial charge in [-0.1, -0.05) is 18.2 Å². The van der Waals surface area contributed by atoms with Crippen LogP contribution in [0, 0.1) is 6.92 Å². The number of benzene rings is 2. The lowest BCUT2D eigenvalue weighted by Gasteiger charge is -2.08. The normalized spacial score (nSPS) is 11.0. The van der Waals surface area contributed by atoms with Crippen LogP contribution in [0.2, 0.25) is 0 Å². The van der Waals surface area contributed by atoms with Crippen molar-refractivity contribution < 1.29 is 0 Å². The Kier molecular flexibility index (Phi) is 3.27. The maximum absolute atomic E-state index is 4.33. The number of aromatic amines is 2. The molecule has 6 nitrogen and oxygen atoms in total. The molecule has 0 fully saturated rings. The Morgan fingerprint density at radius 1 is 1.04 bits per heavy atom. The number of nitrogens with zero attached hydrogens (tertiary/aromatic N) is 3. The van der Waals surface area contributed by atoms with Crippen molar-refractivity contribution in [2.75, 3.05) is 5.32 Å². The van der Waals surface area contributed by atoms with Crippen LogP contribution in [0.4, 0.5) is 5.69 Å². The highest BCUT2D eigenvalue weighted by Gasteiger charge is 2.05. The zero-order chi connectivity index (χ0) is 15.6. The van der Waals surface area contributed by atoms with E-state index in [2.05, 4.69) is 42.8 Å². The molecule has 0 aliphatic rings. The molecule has 2 aromatic carbocycles. The van der Waals surface area contributed by atoms with Gasteiger partial charge in [-0.05, 0) is 36.8 Å². The lowest BCUT2D eigenvalue weighted by atomic mass is 10.1. The fraction of sp³-hybridized carbons (Fsp3) is 0.118. The van der Waals surface area contributed by atoms with Crippen molar-refractivity contribution in [2.45, 2.75) is 13.5 Å². The van der Waals surface area contributed by atoms with E-state index in [1.165, 1.54) is 5.56 Å². The summed E-state index contributed by atoms with van der Waals surface area (Å²) in [4.78, 5) is 4.33. The summed E-state index contributed by atoms with van der Waals surface area (Å²) in [6.45, 7) is 2.63. The van der Waals surface area contributed by atoms with Gasteiger partial charge in [0.25, 0.3) is 0 Å². The van der Waals surface area contributed by atoms with Gasteiger partial charge in [0.1, 0.15) is 5.82 Å². The average molecular weight is 304 g/mol. The number of hydrogen-bond donors (Lipinski definition) is 3. The van der Waals surface area contributed by atoms with E-state index < -0.39 is 0 Å². The number of nitrogens with one attached hydrogen (secondary N) is 3. The minimum Gasteiger partial charge on any atom is -0.381 e. The lowest BCUT2D eigenvalue weighted by molar-refractivity contribution is 1.04. The summed E-state index contributed by atoms with van der Waals surface area (Å²) >= 11 is 0. The summed E-state index contributed by atoms with van der Waals surface area (Å²) < 4.78 is 0. The molecular weight excluding hydrogens is 288 g/mol. The fourth-order valence-electron chi connectivity index (χ4n) is 2.58. The molecule has 4 aromatic rings. The molecule has 6 heteroatoms. The molecule has 2 heterocycles. The van der Waals surface area contributed by atoms with E-state index in [0.29, 0.717) is 0 Å². The molecule has 114 valence electrons. The van der Waals surface area contributed by atoms with Crippen LogP contribution in [-0.2, 0) is 6.54 Å². The lowest BCUT2D eigenvalue weighted by Crippen LogP contribution is -2.00. The minimum absolute atomic E-state index is 0.719. The van der Waals surface area contributed by atoms with Crippen molar-refractivity contribution in [3.05, 3.63) is 60.0 Å². The van der Waals surface area contributed by atoms with E-state index in [0.717, 1.165) is 40.3 Å². The Morgan fingerprint density at radius 2 is 1.91 bits per heavy atom. The van der Waals surface area contributed by atoms with Crippen LogP contribution < -0.4 is 5.32 Å². The van der Waals surface area contributed by atoms with E-state index in [-0.39, 0.29) is 0 Å². The number of aromatic nitrogens is 5. The van der Waals surface area contributed by atoms with E-state index in [1.54, 1.807) is 0 Å². The first kappa shape index (κ1) is 13.5. The van der Waals surface area contributed by atoms with Crippen molar-refractivity contribution in [2.24, 2.45) is 0 Å². The largest absolute Gasteiger partial charge is 0.381 e. The molecular formula is C17H16N6. The third-order valence-corrected chi connectivity index (χ3v) is 3.79. The van der Waals surface area contributed by atoms with Crippen LogP contribution in [0.25, 0.3) is 22.3 Å². The Balaban J connectivity index is 1.50. The minimum atomic E-state index is 0.719. The van der Waals surface area contributed by atoms with Crippen LogP contribution in [0.15, 0.2) is 48.7 Å². The van der Waals surface area contributed by atoms with Crippen LogP contribution in [-0.4, -0.2) is 25.4 Å². The molecule has 0 aliphatic heterocycles. The first-order valence-corrected chi connectivity index (χ1v) is 7.44. The Bertz CT molecular complexity index is 935. The second-order valence-electron chi connectivity index (χ2n) is 5.43. The SMILES string of the molecule is Cc1nc(-c2ccc(NCc3cccc4cn[nH]c34)cc2)n[nH]1. The number of fused-ring (bicyclic) bond motifs is 1. The molecule has 0 unspecified atom stereocenters. The van der Waals surface area contributed by atoms with Gasteiger partial charge in [-0.3, -0.25) is 10.2 Å². The third kappa shape index (κ3) is 2.66.